The number of carbonyl (C=O) groups is 2. The molecule has 6 nitrogen and oxygen atoms in total. The number of hydrogen-bond donors (Lipinski definition) is 1. The van der Waals surface area contributed by atoms with Gasteiger partial charge in [0, 0.05) is 28.9 Å². The number of thiazole rings is 1. The molecule has 26 heavy (non-hydrogen) atoms. The van der Waals surface area contributed by atoms with Crippen molar-refractivity contribution in [3.8, 4) is 10.6 Å². The van der Waals surface area contributed by atoms with Gasteiger partial charge in [0.25, 0.3) is 5.91 Å². The molecule has 8 heteroatoms. The van der Waals surface area contributed by atoms with Crippen LogP contribution in [0.15, 0.2) is 54.2 Å². The number of amides is 1. The van der Waals surface area contributed by atoms with Gasteiger partial charge < -0.3 is 10.1 Å². The second kappa shape index (κ2) is 8.30. The Bertz CT molecular complexity index is 898. The Morgan fingerprint density at radius 3 is 2.58 bits per heavy atom. The zero-order valence-corrected chi connectivity index (χ0v) is 14.3. The Morgan fingerprint density at radius 2 is 1.85 bits per heavy atom. The second-order valence-corrected chi connectivity index (χ2v) is 6.03. The molecule has 2 aromatic heterocycles. The summed E-state index contributed by atoms with van der Waals surface area (Å²) in [5, 5.41) is 4.82. The lowest BCUT2D eigenvalue weighted by Gasteiger charge is -2.05. The number of pyridine rings is 1. The van der Waals surface area contributed by atoms with E-state index >= 15 is 0 Å². The number of benzene rings is 1. The number of esters is 1. The number of ether oxygens (including phenoxy) is 1. The van der Waals surface area contributed by atoms with Crippen LogP contribution in [-0.4, -0.2) is 35.0 Å². The zero-order valence-electron chi connectivity index (χ0n) is 13.5. The van der Waals surface area contributed by atoms with Gasteiger partial charge in [0.1, 0.15) is 17.4 Å². The Labute approximate surface area is 152 Å². The summed E-state index contributed by atoms with van der Waals surface area (Å²) in [6.07, 6.45) is 3.05. The molecule has 1 N–H and O–H groups in total. The highest BCUT2D eigenvalue weighted by Gasteiger charge is 2.13. The summed E-state index contributed by atoms with van der Waals surface area (Å²) in [4.78, 5) is 31.9. The smallest absolute Gasteiger partial charge is 0.357 e. The van der Waals surface area contributed by atoms with E-state index in [4.69, 9.17) is 4.74 Å². The highest BCUT2D eigenvalue weighted by Crippen LogP contribution is 2.24. The van der Waals surface area contributed by atoms with Crippen LogP contribution in [-0.2, 0) is 4.74 Å². The van der Waals surface area contributed by atoms with Crippen LogP contribution in [0.1, 0.15) is 20.8 Å². The van der Waals surface area contributed by atoms with E-state index in [1.807, 2.05) is 0 Å². The number of hydrogen-bond acceptors (Lipinski definition) is 6. The fraction of sp³-hybridized carbons (Fsp3) is 0.111. The van der Waals surface area contributed by atoms with Crippen LogP contribution in [0.5, 0.6) is 0 Å². The van der Waals surface area contributed by atoms with Gasteiger partial charge in [0.05, 0.1) is 6.54 Å². The third-order valence-electron chi connectivity index (χ3n) is 3.37. The van der Waals surface area contributed by atoms with Gasteiger partial charge in [-0.05, 0) is 36.4 Å². The highest BCUT2D eigenvalue weighted by atomic mass is 32.1. The molecule has 0 aliphatic heterocycles. The molecule has 1 amide bonds. The van der Waals surface area contributed by atoms with Crippen molar-refractivity contribution in [2.24, 2.45) is 0 Å². The van der Waals surface area contributed by atoms with Crippen LogP contribution in [0.4, 0.5) is 4.39 Å². The minimum Gasteiger partial charge on any atom is -0.459 e. The Balaban J connectivity index is 1.48. The average molecular weight is 371 g/mol. The van der Waals surface area contributed by atoms with Crippen LogP contribution in [0, 0.1) is 5.82 Å². The molecule has 3 rings (SSSR count). The third kappa shape index (κ3) is 4.48. The first-order chi connectivity index (χ1) is 12.6. The lowest BCUT2D eigenvalue weighted by molar-refractivity contribution is 0.0497. The van der Waals surface area contributed by atoms with E-state index < -0.39 is 5.97 Å². The molecule has 0 saturated carbocycles. The molecule has 0 aliphatic carbocycles. The van der Waals surface area contributed by atoms with Crippen molar-refractivity contribution in [2.75, 3.05) is 13.2 Å². The topological polar surface area (TPSA) is 81.2 Å². The van der Waals surface area contributed by atoms with Crippen molar-refractivity contribution in [3.05, 3.63) is 71.2 Å². The van der Waals surface area contributed by atoms with Gasteiger partial charge in [-0.3, -0.25) is 9.78 Å². The van der Waals surface area contributed by atoms with Crippen LogP contribution >= 0.6 is 11.3 Å². The highest BCUT2D eigenvalue weighted by molar-refractivity contribution is 7.13. The Kier molecular flexibility index (Phi) is 5.65. The molecule has 0 atom stereocenters. The molecule has 0 saturated heterocycles. The number of rotatable bonds is 6. The van der Waals surface area contributed by atoms with Crippen molar-refractivity contribution >= 4 is 23.2 Å². The first-order valence-electron chi connectivity index (χ1n) is 7.70. The van der Waals surface area contributed by atoms with E-state index in [-0.39, 0.29) is 30.6 Å². The average Bonchev–Trinajstić information content (AvgIpc) is 3.16. The van der Waals surface area contributed by atoms with Gasteiger partial charge in [0.2, 0.25) is 0 Å². The Hall–Kier alpha value is -3.13. The number of nitrogens with one attached hydrogen (secondary N) is 1. The van der Waals surface area contributed by atoms with E-state index in [2.05, 4.69) is 15.3 Å². The molecule has 0 fully saturated rings. The van der Waals surface area contributed by atoms with Crippen molar-refractivity contribution < 1.29 is 18.7 Å². The number of halogens is 1. The molecule has 0 bridgehead atoms. The van der Waals surface area contributed by atoms with E-state index in [0.717, 1.165) is 5.56 Å². The zero-order chi connectivity index (χ0) is 18.4. The van der Waals surface area contributed by atoms with Gasteiger partial charge in [-0.2, -0.15) is 0 Å². The third-order valence-corrected chi connectivity index (χ3v) is 4.26. The number of aromatic nitrogens is 2. The normalized spacial score (nSPS) is 10.3. The predicted octanol–water partition coefficient (Wildman–Crippen LogP) is 2.93. The van der Waals surface area contributed by atoms with Gasteiger partial charge in [-0.15, -0.1) is 11.3 Å². The quantitative estimate of drug-likeness (QED) is 0.532. The SMILES string of the molecule is O=C(NCCOC(=O)c1csc(-c2ccc(F)cc2)n1)c1ccncc1. The minimum atomic E-state index is -0.576. The van der Waals surface area contributed by atoms with Crippen molar-refractivity contribution in [2.45, 2.75) is 0 Å². The number of carbonyl (C=O) groups excluding carboxylic acids is 2. The largest absolute Gasteiger partial charge is 0.459 e. The predicted molar refractivity (Wildman–Crippen MR) is 94.4 cm³/mol. The standard InChI is InChI=1S/C18H14FN3O3S/c19-14-3-1-13(2-4-14)17-22-15(11-26-17)18(24)25-10-9-21-16(23)12-5-7-20-8-6-12/h1-8,11H,9-10H2,(H,21,23). The summed E-state index contributed by atoms with van der Waals surface area (Å²) in [6.45, 7) is 0.209. The maximum absolute atomic E-state index is 12.9. The summed E-state index contributed by atoms with van der Waals surface area (Å²) >= 11 is 1.27. The van der Waals surface area contributed by atoms with Gasteiger partial charge in [-0.25, -0.2) is 14.2 Å². The maximum Gasteiger partial charge on any atom is 0.357 e. The minimum absolute atomic E-state index is 0.0269. The summed E-state index contributed by atoms with van der Waals surface area (Å²) in [5.74, 6) is -1.18. The summed E-state index contributed by atoms with van der Waals surface area (Å²) in [5.41, 5.74) is 1.38. The summed E-state index contributed by atoms with van der Waals surface area (Å²) < 4.78 is 18.1. The number of nitrogens with zero attached hydrogens (tertiary/aromatic N) is 2. The van der Waals surface area contributed by atoms with Gasteiger partial charge in [0.15, 0.2) is 5.69 Å². The summed E-state index contributed by atoms with van der Waals surface area (Å²) in [6, 6.07) is 9.04. The molecule has 0 aliphatic rings. The van der Waals surface area contributed by atoms with Crippen molar-refractivity contribution in [3.63, 3.8) is 0 Å². The second-order valence-electron chi connectivity index (χ2n) is 5.17. The van der Waals surface area contributed by atoms with Crippen LogP contribution in [0.2, 0.25) is 0 Å². The molecular weight excluding hydrogens is 357 g/mol. The van der Waals surface area contributed by atoms with E-state index in [1.165, 1.54) is 35.9 Å². The summed E-state index contributed by atoms with van der Waals surface area (Å²) in [7, 11) is 0. The molecule has 132 valence electrons. The lowest BCUT2D eigenvalue weighted by Crippen LogP contribution is -2.28. The van der Waals surface area contributed by atoms with E-state index in [9.17, 15) is 14.0 Å². The maximum atomic E-state index is 12.9. The van der Waals surface area contributed by atoms with Gasteiger partial charge in [-0.1, -0.05) is 0 Å². The van der Waals surface area contributed by atoms with Gasteiger partial charge >= 0.3 is 5.97 Å². The molecule has 0 unspecified atom stereocenters. The fourth-order valence-corrected chi connectivity index (χ4v) is 2.88. The monoisotopic (exact) mass is 371 g/mol. The first kappa shape index (κ1) is 17.7. The van der Waals surface area contributed by atoms with Crippen molar-refractivity contribution in [1.29, 1.82) is 0 Å². The molecule has 1 aromatic carbocycles. The van der Waals surface area contributed by atoms with Crippen molar-refractivity contribution in [1.82, 2.24) is 15.3 Å². The molecule has 2 heterocycles. The van der Waals surface area contributed by atoms with Crippen LogP contribution < -0.4 is 5.32 Å². The first-order valence-corrected chi connectivity index (χ1v) is 8.58. The molecule has 0 spiro atoms. The molecular formula is C18H14FN3O3S. The molecule has 0 radical (unpaired) electrons. The van der Waals surface area contributed by atoms with E-state index in [1.54, 1.807) is 29.6 Å². The van der Waals surface area contributed by atoms with E-state index in [0.29, 0.717) is 10.6 Å². The van der Waals surface area contributed by atoms with Crippen LogP contribution in [0.3, 0.4) is 0 Å². The molecule has 3 aromatic rings. The van der Waals surface area contributed by atoms with Crippen LogP contribution in [0.25, 0.3) is 10.6 Å². The fourth-order valence-electron chi connectivity index (χ4n) is 2.08. The Morgan fingerprint density at radius 1 is 1.12 bits per heavy atom. The lowest BCUT2D eigenvalue weighted by atomic mass is 10.2.